The third-order valence-electron chi connectivity index (χ3n) is 7.03. The van der Waals surface area contributed by atoms with Crippen molar-refractivity contribution < 1.29 is 35.5 Å². The first kappa shape index (κ1) is 32.1. The number of nitrogens with zero attached hydrogens (tertiary/aromatic N) is 4. The van der Waals surface area contributed by atoms with Crippen molar-refractivity contribution in [3.05, 3.63) is 48.7 Å². The second-order valence-corrected chi connectivity index (χ2v) is 12.8. The Kier molecular flexibility index (Phi) is 10.2. The van der Waals surface area contributed by atoms with Gasteiger partial charge in [-0.25, -0.2) is 13.4 Å². The Morgan fingerprint density at radius 3 is 2.21 bits per heavy atom. The van der Waals surface area contributed by atoms with Crippen molar-refractivity contribution in [2.45, 2.75) is 56.1 Å². The first-order valence-electron chi connectivity index (χ1n) is 13.5. The second kappa shape index (κ2) is 13.6. The van der Waals surface area contributed by atoms with Crippen LogP contribution in [0.3, 0.4) is 0 Å². The van der Waals surface area contributed by atoms with Crippen molar-refractivity contribution in [1.82, 2.24) is 14.9 Å². The number of nitrogens with one attached hydrogen (secondary N) is 2. The summed E-state index contributed by atoms with van der Waals surface area (Å²) < 4.78 is 88.3. The van der Waals surface area contributed by atoms with Crippen molar-refractivity contribution in [3.8, 4) is 11.5 Å². The lowest BCUT2D eigenvalue weighted by molar-refractivity contribution is -0.0501. The lowest BCUT2D eigenvalue weighted by Crippen LogP contribution is -2.41. The molecule has 2 aromatic carbocycles. The van der Waals surface area contributed by atoms with Gasteiger partial charge in [-0.05, 0) is 65.0 Å². The molecule has 2 N–H and O–H groups in total. The number of piperidine rings is 1. The van der Waals surface area contributed by atoms with Crippen LogP contribution in [0.1, 0.15) is 26.7 Å². The first-order chi connectivity index (χ1) is 20.3. The van der Waals surface area contributed by atoms with E-state index in [1.54, 1.807) is 12.1 Å². The maximum absolute atomic E-state index is 13.4. The molecule has 0 saturated carbocycles. The Morgan fingerprint density at radius 2 is 1.58 bits per heavy atom. The topological polar surface area (TPSA) is 109 Å². The number of aromatic nitrogens is 2. The second-order valence-electron chi connectivity index (χ2n) is 10.4. The summed E-state index contributed by atoms with van der Waals surface area (Å²) in [5, 5.41) is 4.79. The summed E-state index contributed by atoms with van der Waals surface area (Å²) in [6, 6.07) is 11.1. The van der Waals surface area contributed by atoms with Crippen LogP contribution in [0.15, 0.2) is 53.6 Å². The summed E-state index contributed by atoms with van der Waals surface area (Å²) >= 11 is 0. The zero-order chi connectivity index (χ0) is 31.3. The largest absolute Gasteiger partial charge is 0.433 e. The number of para-hydroxylation sites is 1. The molecule has 1 saturated heterocycles. The van der Waals surface area contributed by atoms with Gasteiger partial charge in [-0.15, -0.1) is 0 Å². The Hall–Kier alpha value is -3.85. The highest BCUT2D eigenvalue weighted by Gasteiger charge is 2.25. The van der Waals surface area contributed by atoms with Crippen molar-refractivity contribution in [3.63, 3.8) is 0 Å². The molecule has 10 nitrogen and oxygen atoms in total. The third kappa shape index (κ3) is 7.96. The van der Waals surface area contributed by atoms with Gasteiger partial charge in [-0.2, -0.15) is 22.5 Å². The van der Waals surface area contributed by atoms with Gasteiger partial charge in [0.05, 0.1) is 27.7 Å². The normalized spacial score (nSPS) is 14.6. The van der Waals surface area contributed by atoms with Crippen molar-refractivity contribution in [1.29, 1.82) is 0 Å². The molecule has 3 aromatic rings. The molecule has 0 unspecified atom stereocenters. The molecule has 0 spiro atoms. The highest BCUT2D eigenvalue weighted by Crippen LogP contribution is 2.36. The monoisotopic (exact) mass is 626 g/mol. The molecule has 0 amide bonds. The maximum atomic E-state index is 13.4. The Morgan fingerprint density at radius 1 is 0.930 bits per heavy atom. The molecular weight excluding hydrogens is 592 g/mol. The van der Waals surface area contributed by atoms with Gasteiger partial charge in [0.1, 0.15) is 0 Å². The molecule has 0 bridgehead atoms. The lowest BCUT2D eigenvalue weighted by Gasteiger charge is -2.36. The molecule has 1 aliphatic rings. The van der Waals surface area contributed by atoms with E-state index in [-0.39, 0.29) is 33.8 Å². The van der Waals surface area contributed by atoms with Gasteiger partial charge in [0.15, 0.2) is 27.2 Å². The fraction of sp³-hybridized carbons (Fsp3) is 0.429. The summed E-state index contributed by atoms with van der Waals surface area (Å²) in [4.78, 5) is 12.4. The Balaban J connectivity index is 1.65. The van der Waals surface area contributed by atoms with Crippen molar-refractivity contribution in [2.24, 2.45) is 0 Å². The van der Waals surface area contributed by atoms with Crippen LogP contribution in [0.2, 0.25) is 0 Å². The zero-order valence-corrected chi connectivity index (χ0v) is 24.9. The van der Waals surface area contributed by atoms with Crippen LogP contribution in [0, 0.1) is 0 Å². The van der Waals surface area contributed by atoms with Crippen molar-refractivity contribution in [2.75, 3.05) is 42.7 Å². The Labute approximate surface area is 247 Å². The lowest BCUT2D eigenvalue weighted by atomic mass is 10.0. The predicted octanol–water partition coefficient (Wildman–Crippen LogP) is 5.88. The van der Waals surface area contributed by atoms with E-state index in [0.29, 0.717) is 11.7 Å². The molecule has 1 aliphatic heterocycles. The summed E-state index contributed by atoms with van der Waals surface area (Å²) in [6.07, 6.45) is 2.78. The molecule has 0 aliphatic carbocycles. The molecule has 1 aromatic heterocycles. The van der Waals surface area contributed by atoms with Crippen LogP contribution < -0.4 is 25.0 Å². The highest BCUT2D eigenvalue weighted by molar-refractivity contribution is 7.92. The van der Waals surface area contributed by atoms with Gasteiger partial charge in [-0.1, -0.05) is 12.1 Å². The van der Waals surface area contributed by atoms with Gasteiger partial charge < -0.3 is 29.9 Å². The molecule has 0 atom stereocenters. The molecule has 43 heavy (non-hydrogen) atoms. The molecule has 234 valence electrons. The number of rotatable bonds is 12. The van der Waals surface area contributed by atoms with E-state index < -0.39 is 34.1 Å². The minimum absolute atomic E-state index is 0.0704. The minimum atomic E-state index is -3.76. The van der Waals surface area contributed by atoms with E-state index in [1.807, 2.05) is 14.1 Å². The average molecular weight is 627 g/mol. The summed E-state index contributed by atoms with van der Waals surface area (Å²) in [7, 11) is 0.285. The minimum Gasteiger partial charge on any atom is -0.433 e. The number of benzene rings is 2. The molecule has 0 radical (unpaired) electrons. The number of hydrogen-bond donors (Lipinski definition) is 2. The molecule has 2 heterocycles. The van der Waals surface area contributed by atoms with E-state index in [1.165, 1.54) is 44.2 Å². The van der Waals surface area contributed by atoms with Gasteiger partial charge in [0.25, 0.3) is 0 Å². The maximum Gasteiger partial charge on any atom is 0.387 e. The van der Waals surface area contributed by atoms with Gasteiger partial charge in [-0.3, -0.25) is 0 Å². The molecular formula is C28H34F4N6O4S. The Bertz CT molecular complexity index is 1500. The smallest absolute Gasteiger partial charge is 0.387 e. The van der Waals surface area contributed by atoms with Gasteiger partial charge in [0, 0.05) is 30.9 Å². The number of halogens is 4. The van der Waals surface area contributed by atoms with Gasteiger partial charge in [0.2, 0.25) is 5.95 Å². The number of ether oxygens (including phenoxy) is 2. The SMILES string of the molecule is CC(C)S(=O)(=O)c1ccccc1Nc1nc(Nc2ccc(N3CCC(N(C)C)CC3)cc2OC(F)F)ncc1OC(F)F. The van der Waals surface area contributed by atoms with Crippen molar-refractivity contribution >= 4 is 38.7 Å². The summed E-state index contributed by atoms with van der Waals surface area (Å²) in [5.41, 5.74) is 0.873. The fourth-order valence-electron chi connectivity index (χ4n) is 4.67. The van der Waals surface area contributed by atoms with Crippen LogP contribution in [0.25, 0.3) is 0 Å². The number of sulfone groups is 1. The summed E-state index contributed by atoms with van der Waals surface area (Å²) in [6.45, 7) is -1.84. The van der Waals surface area contributed by atoms with Crippen LogP contribution in [0.5, 0.6) is 11.5 Å². The van der Waals surface area contributed by atoms with E-state index in [0.717, 1.165) is 32.1 Å². The molecule has 1 fully saturated rings. The summed E-state index contributed by atoms with van der Waals surface area (Å²) in [5.74, 6) is -1.08. The van der Waals surface area contributed by atoms with Gasteiger partial charge >= 0.3 is 13.2 Å². The standard InChI is InChI=1S/C28H34F4N6O4S/c1-17(2)43(39,40)24-8-6-5-7-21(24)34-25-23(42-27(31)32)16-33-28(36-25)35-20-10-9-19(15-22(20)41-26(29)30)38-13-11-18(12-14-38)37(3)4/h5-10,15-18,26-27H,11-14H2,1-4H3,(H2,33,34,35,36). The van der Waals surface area contributed by atoms with E-state index in [4.69, 9.17) is 4.74 Å². The average Bonchev–Trinajstić information content (AvgIpc) is 2.95. The van der Waals surface area contributed by atoms with Crippen LogP contribution in [-0.2, 0) is 9.84 Å². The van der Waals surface area contributed by atoms with E-state index >= 15 is 0 Å². The zero-order valence-electron chi connectivity index (χ0n) is 24.1. The quantitative estimate of drug-likeness (QED) is 0.237. The highest BCUT2D eigenvalue weighted by atomic mass is 32.2. The van der Waals surface area contributed by atoms with Crippen LogP contribution in [0.4, 0.5) is 46.4 Å². The van der Waals surface area contributed by atoms with Crippen LogP contribution in [-0.4, -0.2) is 75.0 Å². The fourth-order valence-corrected chi connectivity index (χ4v) is 5.87. The first-order valence-corrected chi connectivity index (χ1v) is 15.1. The van der Waals surface area contributed by atoms with E-state index in [2.05, 4.69) is 35.1 Å². The predicted molar refractivity (Wildman–Crippen MR) is 156 cm³/mol. The number of alkyl halides is 4. The van der Waals surface area contributed by atoms with E-state index in [9.17, 15) is 26.0 Å². The molecule has 15 heteroatoms. The molecule has 4 rings (SSSR count). The van der Waals surface area contributed by atoms with Crippen LogP contribution >= 0.6 is 0 Å². The number of hydrogen-bond acceptors (Lipinski definition) is 10. The number of anilines is 5. The third-order valence-corrected chi connectivity index (χ3v) is 9.24.